The number of hydrogen-bond acceptors (Lipinski definition) is 3. The Labute approximate surface area is 128 Å². The maximum atomic E-state index is 12.4. The van der Waals surface area contributed by atoms with Crippen LogP contribution in [0.5, 0.6) is 0 Å². The van der Waals surface area contributed by atoms with E-state index < -0.39 is 12.0 Å². The van der Waals surface area contributed by atoms with Crippen LogP contribution in [-0.4, -0.2) is 35.1 Å². The molecule has 1 aromatic rings. The van der Waals surface area contributed by atoms with Crippen LogP contribution in [0.15, 0.2) is 17.5 Å². The highest BCUT2D eigenvalue weighted by Crippen LogP contribution is 2.34. The minimum atomic E-state index is -1.01. The first-order chi connectivity index (χ1) is 10.1. The Balaban J connectivity index is 1.64. The Kier molecular flexibility index (Phi) is 4.14. The molecule has 1 unspecified atom stereocenters. The quantitative estimate of drug-likeness (QED) is 0.813. The van der Waals surface area contributed by atoms with Crippen LogP contribution in [0.3, 0.4) is 0 Å². The zero-order chi connectivity index (χ0) is 14.8. The fourth-order valence-corrected chi connectivity index (χ4v) is 3.16. The van der Waals surface area contributed by atoms with Gasteiger partial charge in [0.05, 0.1) is 0 Å². The number of rotatable bonds is 7. The molecule has 1 atom stereocenters. The van der Waals surface area contributed by atoms with Crippen molar-refractivity contribution in [1.82, 2.24) is 10.2 Å². The van der Waals surface area contributed by atoms with E-state index in [1.54, 1.807) is 12.1 Å². The third kappa shape index (κ3) is 3.97. The van der Waals surface area contributed by atoms with Gasteiger partial charge in [-0.1, -0.05) is 6.07 Å². The van der Waals surface area contributed by atoms with E-state index in [9.17, 15) is 14.7 Å². The highest BCUT2D eigenvalue weighted by molar-refractivity contribution is 7.10. The SMILES string of the molecule is O=C(O)C(NC(=O)N(CC1CC1)CC1CC1)c1cccs1. The van der Waals surface area contributed by atoms with Gasteiger partial charge in [-0.3, -0.25) is 0 Å². The van der Waals surface area contributed by atoms with Gasteiger partial charge in [-0.05, 0) is 49.0 Å². The van der Waals surface area contributed by atoms with Crippen molar-refractivity contribution in [2.24, 2.45) is 11.8 Å². The number of carbonyl (C=O) groups excluding carboxylic acids is 1. The normalized spacial score (nSPS) is 19.0. The summed E-state index contributed by atoms with van der Waals surface area (Å²) in [5.41, 5.74) is 0. The van der Waals surface area contributed by atoms with Crippen LogP contribution in [0, 0.1) is 11.8 Å². The summed E-state index contributed by atoms with van der Waals surface area (Å²) in [5, 5.41) is 13.8. The number of carboxylic acids is 1. The summed E-state index contributed by atoms with van der Waals surface area (Å²) < 4.78 is 0. The van der Waals surface area contributed by atoms with Crippen LogP contribution < -0.4 is 5.32 Å². The maximum Gasteiger partial charge on any atom is 0.331 e. The van der Waals surface area contributed by atoms with Gasteiger partial charge in [0.1, 0.15) is 0 Å². The average molecular weight is 308 g/mol. The molecule has 0 radical (unpaired) electrons. The summed E-state index contributed by atoms with van der Waals surface area (Å²) >= 11 is 1.35. The molecule has 2 amide bonds. The molecule has 2 fully saturated rings. The third-order valence-electron chi connectivity index (χ3n) is 3.98. The van der Waals surface area contributed by atoms with Gasteiger partial charge in [0.2, 0.25) is 0 Å². The number of hydrogen-bond donors (Lipinski definition) is 2. The summed E-state index contributed by atoms with van der Waals surface area (Å²) in [6.07, 6.45) is 4.73. The monoisotopic (exact) mass is 308 g/mol. The fourth-order valence-electron chi connectivity index (χ4n) is 2.39. The van der Waals surface area contributed by atoms with Crippen molar-refractivity contribution in [2.45, 2.75) is 31.7 Å². The second kappa shape index (κ2) is 6.05. The maximum absolute atomic E-state index is 12.4. The Bertz CT molecular complexity index is 495. The Morgan fingerprint density at radius 1 is 1.29 bits per heavy atom. The van der Waals surface area contributed by atoms with Crippen molar-refractivity contribution in [3.05, 3.63) is 22.4 Å². The van der Waals surface area contributed by atoms with Crippen LogP contribution >= 0.6 is 11.3 Å². The number of nitrogens with zero attached hydrogens (tertiary/aromatic N) is 1. The standard InChI is InChI=1S/C15H20N2O3S/c18-14(19)13(12-2-1-7-21-12)16-15(20)17(8-10-3-4-10)9-11-5-6-11/h1-2,7,10-11,13H,3-6,8-9H2,(H,16,20)(H,18,19). The molecule has 0 aliphatic heterocycles. The first kappa shape index (κ1) is 14.4. The summed E-state index contributed by atoms with van der Waals surface area (Å²) in [6.45, 7) is 1.53. The Morgan fingerprint density at radius 2 is 1.90 bits per heavy atom. The molecule has 2 N–H and O–H groups in total. The first-order valence-corrected chi connectivity index (χ1v) is 8.33. The van der Waals surface area contributed by atoms with Crippen LogP contribution in [-0.2, 0) is 4.79 Å². The number of aliphatic carboxylic acids is 1. The van der Waals surface area contributed by atoms with Gasteiger partial charge in [-0.2, -0.15) is 0 Å². The molecule has 0 saturated heterocycles. The predicted octanol–water partition coefficient (Wildman–Crippen LogP) is 2.71. The number of thiophene rings is 1. The van der Waals surface area contributed by atoms with E-state index >= 15 is 0 Å². The second-order valence-electron chi connectivity index (χ2n) is 6.03. The minimum absolute atomic E-state index is 0.241. The number of carbonyl (C=O) groups is 2. The van der Waals surface area contributed by atoms with Crippen LogP contribution in [0.1, 0.15) is 36.6 Å². The Morgan fingerprint density at radius 3 is 2.33 bits per heavy atom. The minimum Gasteiger partial charge on any atom is -0.479 e. The smallest absolute Gasteiger partial charge is 0.331 e. The molecule has 0 spiro atoms. The summed E-state index contributed by atoms with van der Waals surface area (Å²) in [4.78, 5) is 26.3. The van der Waals surface area contributed by atoms with E-state index in [-0.39, 0.29) is 6.03 Å². The molecule has 6 heteroatoms. The van der Waals surface area contributed by atoms with Crippen LogP contribution in [0.25, 0.3) is 0 Å². The molecule has 3 rings (SSSR count). The summed E-state index contributed by atoms with van der Waals surface area (Å²) in [7, 11) is 0. The van der Waals surface area contributed by atoms with E-state index in [1.165, 1.54) is 37.0 Å². The van der Waals surface area contributed by atoms with Crippen molar-refractivity contribution < 1.29 is 14.7 Å². The lowest BCUT2D eigenvalue weighted by molar-refractivity contribution is -0.139. The topological polar surface area (TPSA) is 69.6 Å². The molecule has 0 aromatic carbocycles. The van der Waals surface area contributed by atoms with Crippen molar-refractivity contribution in [1.29, 1.82) is 0 Å². The summed E-state index contributed by atoms with van der Waals surface area (Å²) in [6, 6.07) is 2.36. The number of carboxylic acid groups (broad SMARTS) is 1. The second-order valence-corrected chi connectivity index (χ2v) is 7.01. The molecule has 21 heavy (non-hydrogen) atoms. The predicted molar refractivity (Wildman–Crippen MR) is 80.2 cm³/mol. The molecule has 2 aliphatic carbocycles. The van der Waals surface area contributed by atoms with Gasteiger partial charge in [0.15, 0.2) is 6.04 Å². The molecule has 2 saturated carbocycles. The van der Waals surface area contributed by atoms with E-state index in [2.05, 4.69) is 5.32 Å². The number of amides is 2. The third-order valence-corrected chi connectivity index (χ3v) is 4.92. The molecule has 2 aliphatic rings. The lowest BCUT2D eigenvalue weighted by Crippen LogP contribution is -2.45. The van der Waals surface area contributed by atoms with Crippen molar-refractivity contribution >= 4 is 23.3 Å². The van der Waals surface area contributed by atoms with E-state index in [0.29, 0.717) is 16.7 Å². The molecule has 1 heterocycles. The molecule has 5 nitrogen and oxygen atoms in total. The van der Waals surface area contributed by atoms with Crippen molar-refractivity contribution in [3.8, 4) is 0 Å². The Hall–Kier alpha value is -1.56. The van der Waals surface area contributed by atoms with Crippen LogP contribution in [0.2, 0.25) is 0 Å². The lowest BCUT2D eigenvalue weighted by Gasteiger charge is -2.25. The van der Waals surface area contributed by atoms with Gasteiger partial charge in [0.25, 0.3) is 0 Å². The van der Waals surface area contributed by atoms with E-state index in [4.69, 9.17) is 0 Å². The highest BCUT2D eigenvalue weighted by atomic mass is 32.1. The lowest BCUT2D eigenvalue weighted by atomic mass is 10.2. The average Bonchev–Trinajstić information content (AvgIpc) is 3.37. The van der Waals surface area contributed by atoms with Crippen molar-refractivity contribution in [3.63, 3.8) is 0 Å². The molecule has 1 aromatic heterocycles. The summed E-state index contributed by atoms with van der Waals surface area (Å²) in [5.74, 6) is 0.211. The van der Waals surface area contributed by atoms with Gasteiger partial charge >= 0.3 is 12.0 Å². The highest BCUT2D eigenvalue weighted by Gasteiger charge is 2.33. The van der Waals surface area contributed by atoms with Crippen molar-refractivity contribution in [2.75, 3.05) is 13.1 Å². The molecular formula is C15H20N2O3S. The number of urea groups is 1. The van der Waals surface area contributed by atoms with Gasteiger partial charge in [0, 0.05) is 18.0 Å². The first-order valence-electron chi connectivity index (χ1n) is 7.45. The zero-order valence-electron chi connectivity index (χ0n) is 11.8. The van der Waals surface area contributed by atoms with Gasteiger partial charge in [-0.25, -0.2) is 9.59 Å². The largest absolute Gasteiger partial charge is 0.479 e. The fraction of sp³-hybridized carbons (Fsp3) is 0.600. The zero-order valence-corrected chi connectivity index (χ0v) is 12.6. The van der Waals surface area contributed by atoms with Gasteiger partial charge < -0.3 is 15.3 Å². The van der Waals surface area contributed by atoms with Crippen LogP contribution in [0.4, 0.5) is 4.79 Å². The molecule has 114 valence electrons. The van der Waals surface area contributed by atoms with E-state index in [1.807, 2.05) is 10.3 Å². The molecular weight excluding hydrogens is 288 g/mol. The van der Waals surface area contributed by atoms with Gasteiger partial charge in [-0.15, -0.1) is 11.3 Å². The van der Waals surface area contributed by atoms with E-state index in [0.717, 1.165) is 13.1 Å². The molecule has 0 bridgehead atoms. The number of nitrogens with one attached hydrogen (secondary N) is 1.